The van der Waals surface area contributed by atoms with Crippen LogP contribution < -0.4 is 0 Å². The highest BCUT2D eigenvalue weighted by atomic mass is 16.4. The molecule has 1 aromatic carbocycles. The molecule has 5 fully saturated rings. The number of hydrogen-bond acceptors (Lipinski definition) is 3. The molecule has 1 aromatic heterocycles. The van der Waals surface area contributed by atoms with Gasteiger partial charge in [-0.15, -0.1) is 0 Å². The Bertz CT molecular complexity index is 1040. The van der Waals surface area contributed by atoms with E-state index in [1.807, 2.05) is 19.1 Å². The standard InChI is InChI=1S/C25H30N2O4/c1-12(7-20(28)27-16-8-14-9-17(27)11-15(10-16)24(14)29)21-22-18(13-5-6-13)3-2-4-19(22)26-23(21)25(30)31/h2-4,12-17,24,26,29H,5-11H2,1H3,(H,30,31). The number of H-pyrrole nitrogens is 1. The smallest absolute Gasteiger partial charge is 0.352 e. The quantitative estimate of drug-likeness (QED) is 0.679. The van der Waals surface area contributed by atoms with E-state index in [1.54, 1.807) is 0 Å². The normalized spacial score (nSPS) is 32.6. The number of carboxylic acids is 1. The van der Waals surface area contributed by atoms with E-state index in [2.05, 4.69) is 16.0 Å². The summed E-state index contributed by atoms with van der Waals surface area (Å²) in [5.74, 6) is 0.202. The summed E-state index contributed by atoms with van der Waals surface area (Å²) in [6.45, 7) is 2.00. The van der Waals surface area contributed by atoms with Crippen molar-refractivity contribution in [1.82, 2.24) is 9.88 Å². The number of aliphatic hydroxyl groups is 1. The molecule has 1 amide bonds. The molecule has 6 heteroatoms. The topological polar surface area (TPSA) is 93.6 Å². The van der Waals surface area contributed by atoms with Crippen LogP contribution in [-0.2, 0) is 4.79 Å². The molecule has 6 nitrogen and oxygen atoms in total. The lowest BCUT2D eigenvalue weighted by Crippen LogP contribution is -2.64. The minimum atomic E-state index is -0.962. The van der Waals surface area contributed by atoms with Crippen LogP contribution in [0, 0.1) is 11.8 Å². The number of aromatic nitrogens is 1. The van der Waals surface area contributed by atoms with Gasteiger partial charge in [-0.25, -0.2) is 4.79 Å². The van der Waals surface area contributed by atoms with Crippen molar-refractivity contribution in [3.05, 3.63) is 35.0 Å². The zero-order valence-corrected chi connectivity index (χ0v) is 17.9. The number of nitrogens with one attached hydrogen (secondary N) is 1. The summed E-state index contributed by atoms with van der Waals surface area (Å²) in [5, 5.41) is 21.3. The van der Waals surface area contributed by atoms with Crippen molar-refractivity contribution in [3.8, 4) is 0 Å². The zero-order chi connectivity index (χ0) is 21.4. The summed E-state index contributed by atoms with van der Waals surface area (Å²) in [7, 11) is 0. The van der Waals surface area contributed by atoms with Gasteiger partial charge in [-0.1, -0.05) is 19.1 Å². The van der Waals surface area contributed by atoms with E-state index in [0.29, 0.717) is 24.2 Å². The van der Waals surface area contributed by atoms with Crippen molar-refractivity contribution in [2.24, 2.45) is 11.8 Å². The summed E-state index contributed by atoms with van der Waals surface area (Å²) >= 11 is 0. The third-order valence-corrected chi connectivity index (χ3v) is 8.44. The summed E-state index contributed by atoms with van der Waals surface area (Å²) in [4.78, 5) is 30.8. The molecule has 1 unspecified atom stereocenters. The van der Waals surface area contributed by atoms with E-state index in [9.17, 15) is 19.8 Å². The fourth-order valence-corrected chi connectivity index (χ4v) is 7.05. The van der Waals surface area contributed by atoms with Crippen LogP contribution in [0.25, 0.3) is 10.9 Å². The first-order chi connectivity index (χ1) is 14.9. The Kier molecular flexibility index (Phi) is 4.26. The van der Waals surface area contributed by atoms with E-state index in [4.69, 9.17) is 0 Å². The second-order valence-corrected chi connectivity index (χ2v) is 10.4. The zero-order valence-electron chi connectivity index (χ0n) is 17.9. The van der Waals surface area contributed by atoms with Crippen LogP contribution in [0.5, 0.6) is 0 Å². The number of amides is 1. The Morgan fingerprint density at radius 1 is 1.13 bits per heavy atom. The Hall–Kier alpha value is -2.34. The molecule has 2 aromatic rings. The largest absolute Gasteiger partial charge is 0.477 e. The first-order valence-electron chi connectivity index (χ1n) is 11.8. The van der Waals surface area contributed by atoms with Crippen LogP contribution in [0.3, 0.4) is 0 Å². The van der Waals surface area contributed by atoms with Crippen LogP contribution in [-0.4, -0.2) is 50.2 Å². The first kappa shape index (κ1) is 19.4. The predicted octanol–water partition coefficient (Wildman–Crippen LogP) is 4.00. The predicted molar refractivity (Wildman–Crippen MR) is 116 cm³/mol. The van der Waals surface area contributed by atoms with Crippen LogP contribution in [0.15, 0.2) is 18.2 Å². The van der Waals surface area contributed by atoms with Gasteiger partial charge in [-0.2, -0.15) is 0 Å². The van der Waals surface area contributed by atoms with Gasteiger partial charge in [0.05, 0.1) is 6.10 Å². The minimum Gasteiger partial charge on any atom is -0.477 e. The van der Waals surface area contributed by atoms with Gasteiger partial charge in [-0.05, 0) is 79.4 Å². The number of benzene rings is 1. The maximum atomic E-state index is 13.5. The lowest BCUT2D eigenvalue weighted by atomic mass is 9.62. The number of carbonyl (C=O) groups is 2. The summed E-state index contributed by atoms with van der Waals surface area (Å²) in [6.07, 6.45) is 6.07. The third kappa shape index (κ3) is 2.94. The second kappa shape index (κ2) is 6.83. The molecule has 0 spiro atoms. The number of hydrogen-bond donors (Lipinski definition) is 3. The summed E-state index contributed by atoms with van der Waals surface area (Å²) in [6, 6.07) is 6.54. The lowest BCUT2D eigenvalue weighted by molar-refractivity contribution is -0.163. The van der Waals surface area contributed by atoms with Gasteiger partial charge in [0.2, 0.25) is 5.91 Å². The first-order valence-corrected chi connectivity index (χ1v) is 11.8. The van der Waals surface area contributed by atoms with Gasteiger partial charge >= 0.3 is 5.97 Å². The van der Waals surface area contributed by atoms with E-state index >= 15 is 0 Å². The van der Waals surface area contributed by atoms with Crippen LogP contribution in [0.1, 0.15) is 85.3 Å². The highest BCUT2D eigenvalue weighted by molar-refractivity contribution is 6.00. The maximum absolute atomic E-state index is 13.5. The molecule has 3 aliphatic carbocycles. The molecular formula is C25H30N2O4. The second-order valence-electron chi connectivity index (χ2n) is 10.4. The van der Waals surface area contributed by atoms with Gasteiger partial charge < -0.3 is 20.1 Å². The molecule has 4 bridgehead atoms. The van der Waals surface area contributed by atoms with Crippen molar-refractivity contribution in [2.75, 3.05) is 0 Å². The van der Waals surface area contributed by atoms with E-state index in [-0.39, 0.29) is 35.7 Å². The number of aromatic amines is 1. The van der Waals surface area contributed by atoms with E-state index in [0.717, 1.165) is 55.0 Å². The van der Waals surface area contributed by atoms with Crippen molar-refractivity contribution >= 4 is 22.8 Å². The van der Waals surface area contributed by atoms with Gasteiger partial charge in [0.25, 0.3) is 0 Å². The van der Waals surface area contributed by atoms with Gasteiger partial charge in [0.15, 0.2) is 0 Å². The Morgan fingerprint density at radius 3 is 2.35 bits per heavy atom. The molecule has 5 aliphatic rings. The number of carbonyl (C=O) groups excluding carboxylic acids is 1. The summed E-state index contributed by atoms with van der Waals surface area (Å²) < 4.78 is 0. The molecule has 3 heterocycles. The average Bonchev–Trinajstić information content (AvgIpc) is 3.49. The average molecular weight is 423 g/mol. The summed E-state index contributed by atoms with van der Waals surface area (Å²) in [5.41, 5.74) is 3.10. The molecule has 1 atom stereocenters. The molecule has 3 saturated carbocycles. The molecule has 164 valence electrons. The van der Waals surface area contributed by atoms with Crippen molar-refractivity contribution in [2.45, 2.75) is 81.9 Å². The van der Waals surface area contributed by atoms with Crippen LogP contribution >= 0.6 is 0 Å². The number of rotatable bonds is 5. The maximum Gasteiger partial charge on any atom is 0.352 e. The molecule has 7 rings (SSSR count). The number of piperidine rings is 2. The monoisotopic (exact) mass is 422 g/mol. The Morgan fingerprint density at radius 2 is 1.77 bits per heavy atom. The number of nitrogens with zero attached hydrogens (tertiary/aromatic N) is 1. The molecule has 3 N–H and O–H groups in total. The molecule has 0 radical (unpaired) electrons. The Balaban J connectivity index is 1.31. The number of fused-ring (bicyclic) bond motifs is 1. The van der Waals surface area contributed by atoms with Crippen LogP contribution in [0.4, 0.5) is 0 Å². The fourth-order valence-electron chi connectivity index (χ4n) is 7.05. The fraction of sp³-hybridized carbons (Fsp3) is 0.600. The van der Waals surface area contributed by atoms with E-state index in [1.165, 1.54) is 5.56 Å². The number of aromatic carboxylic acids is 1. The number of carboxylic acid groups (broad SMARTS) is 1. The van der Waals surface area contributed by atoms with Gasteiger partial charge in [0.1, 0.15) is 5.69 Å². The minimum absolute atomic E-state index is 0.144. The molecule has 31 heavy (non-hydrogen) atoms. The molecule has 2 saturated heterocycles. The third-order valence-electron chi connectivity index (χ3n) is 8.44. The van der Waals surface area contributed by atoms with Gasteiger partial charge in [-0.3, -0.25) is 4.79 Å². The van der Waals surface area contributed by atoms with Crippen LogP contribution in [0.2, 0.25) is 0 Å². The SMILES string of the molecule is CC(CC(=O)N1C2CC3CC1CC(C2)C3O)c1c(C(=O)O)[nH]c2cccc(C3CC3)c12. The van der Waals surface area contributed by atoms with E-state index < -0.39 is 5.97 Å². The molecule has 2 aliphatic heterocycles. The van der Waals surface area contributed by atoms with Crippen molar-refractivity contribution < 1.29 is 19.8 Å². The molecular weight excluding hydrogens is 392 g/mol. The lowest BCUT2D eigenvalue weighted by Gasteiger charge is -2.58. The highest BCUT2D eigenvalue weighted by Gasteiger charge is 2.52. The Labute approximate surface area is 181 Å². The number of aliphatic hydroxyl groups excluding tert-OH is 1. The van der Waals surface area contributed by atoms with Gasteiger partial charge in [0, 0.05) is 29.4 Å². The highest BCUT2D eigenvalue weighted by Crippen LogP contribution is 2.50. The van der Waals surface area contributed by atoms with Crippen molar-refractivity contribution in [1.29, 1.82) is 0 Å². The van der Waals surface area contributed by atoms with Crippen molar-refractivity contribution in [3.63, 3.8) is 0 Å².